The molecule has 1 aliphatic heterocycles. The SMILES string of the molecule is OC(c1ccc(Br)cc1)(C1CCCCC1)C(CN1CCOCC1)c1ccccc1. The number of hydrogen-bond donors (Lipinski definition) is 1. The van der Waals surface area contributed by atoms with Crippen molar-refractivity contribution < 1.29 is 9.84 Å². The van der Waals surface area contributed by atoms with Crippen LogP contribution in [0.25, 0.3) is 0 Å². The normalized spacial score (nSPS) is 22.1. The van der Waals surface area contributed by atoms with Gasteiger partial charge in [-0.05, 0) is 42.0 Å². The number of ether oxygens (including phenoxy) is 1. The second kappa shape index (κ2) is 9.74. The van der Waals surface area contributed by atoms with E-state index in [0.29, 0.717) is 0 Å². The first-order chi connectivity index (χ1) is 14.2. The van der Waals surface area contributed by atoms with Gasteiger partial charge in [0.1, 0.15) is 5.60 Å². The van der Waals surface area contributed by atoms with Crippen molar-refractivity contribution in [2.45, 2.75) is 43.6 Å². The van der Waals surface area contributed by atoms with Crippen LogP contribution in [0.5, 0.6) is 0 Å². The molecule has 2 unspecified atom stereocenters. The average Bonchev–Trinajstić information content (AvgIpc) is 2.79. The number of nitrogens with zero attached hydrogens (tertiary/aromatic N) is 1. The van der Waals surface area contributed by atoms with Crippen LogP contribution in [0.2, 0.25) is 0 Å². The lowest BCUT2D eigenvalue weighted by Gasteiger charge is -2.46. The number of benzene rings is 2. The Morgan fingerprint density at radius 3 is 2.28 bits per heavy atom. The highest BCUT2D eigenvalue weighted by atomic mass is 79.9. The van der Waals surface area contributed by atoms with Gasteiger partial charge in [0.2, 0.25) is 0 Å². The Morgan fingerprint density at radius 1 is 0.966 bits per heavy atom. The van der Waals surface area contributed by atoms with Crippen LogP contribution in [-0.2, 0) is 10.3 Å². The summed E-state index contributed by atoms with van der Waals surface area (Å²) in [4.78, 5) is 2.47. The lowest BCUT2D eigenvalue weighted by molar-refractivity contribution is -0.0758. The van der Waals surface area contributed by atoms with Crippen LogP contribution in [0, 0.1) is 5.92 Å². The first-order valence-corrected chi connectivity index (χ1v) is 11.8. The van der Waals surface area contributed by atoms with Crippen LogP contribution < -0.4 is 0 Å². The minimum absolute atomic E-state index is 0.0334. The fourth-order valence-electron chi connectivity index (χ4n) is 5.21. The summed E-state index contributed by atoms with van der Waals surface area (Å²) < 4.78 is 6.63. The smallest absolute Gasteiger partial charge is 0.100 e. The maximum Gasteiger partial charge on any atom is 0.100 e. The van der Waals surface area contributed by atoms with E-state index in [0.717, 1.165) is 55.7 Å². The Morgan fingerprint density at radius 2 is 1.62 bits per heavy atom. The Bertz CT molecular complexity index is 754. The van der Waals surface area contributed by atoms with Crippen LogP contribution in [-0.4, -0.2) is 42.9 Å². The Kier molecular flexibility index (Phi) is 7.07. The third-order valence-electron chi connectivity index (χ3n) is 6.81. The molecule has 3 nitrogen and oxygen atoms in total. The Labute approximate surface area is 183 Å². The van der Waals surface area contributed by atoms with Crippen molar-refractivity contribution >= 4 is 15.9 Å². The van der Waals surface area contributed by atoms with Crippen molar-refractivity contribution in [3.63, 3.8) is 0 Å². The maximum atomic E-state index is 12.6. The molecular formula is C25H32BrNO2. The van der Waals surface area contributed by atoms with E-state index in [2.05, 4.69) is 75.4 Å². The molecule has 2 fully saturated rings. The summed E-state index contributed by atoms with van der Waals surface area (Å²) in [6, 6.07) is 19.0. The van der Waals surface area contributed by atoms with Crippen LogP contribution in [0.3, 0.4) is 0 Å². The van der Waals surface area contributed by atoms with Crippen LogP contribution in [0.15, 0.2) is 59.1 Å². The van der Waals surface area contributed by atoms with Gasteiger partial charge in [0.15, 0.2) is 0 Å². The summed E-state index contributed by atoms with van der Waals surface area (Å²) in [6.45, 7) is 4.29. The van der Waals surface area contributed by atoms with Gasteiger partial charge >= 0.3 is 0 Å². The Hall–Kier alpha value is -1.20. The first kappa shape index (κ1) is 21.0. The summed E-state index contributed by atoms with van der Waals surface area (Å²) >= 11 is 3.57. The number of morpholine rings is 1. The number of rotatable bonds is 6. The predicted molar refractivity (Wildman–Crippen MR) is 121 cm³/mol. The molecule has 4 heteroatoms. The minimum atomic E-state index is -0.874. The molecular weight excluding hydrogens is 426 g/mol. The molecule has 2 aliphatic rings. The molecule has 0 radical (unpaired) electrons. The van der Waals surface area contributed by atoms with E-state index < -0.39 is 5.60 Å². The second-order valence-electron chi connectivity index (χ2n) is 8.54. The number of hydrogen-bond acceptors (Lipinski definition) is 3. The topological polar surface area (TPSA) is 32.7 Å². The van der Waals surface area contributed by atoms with Crippen LogP contribution >= 0.6 is 15.9 Å². The summed E-state index contributed by atoms with van der Waals surface area (Å²) in [5.41, 5.74) is 1.41. The quantitative estimate of drug-likeness (QED) is 0.635. The summed E-state index contributed by atoms with van der Waals surface area (Å²) in [7, 11) is 0. The van der Waals surface area contributed by atoms with Gasteiger partial charge in [0.05, 0.1) is 13.2 Å². The molecule has 1 aliphatic carbocycles. The van der Waals surface area contributed by atoms with E-state index in [1.54, 1.807) is 0 Å². The zero-order valence-electron chi connectivity index (χ0n) is 17.1. The highest BCUT2D eigenvalue weighted by molar-refractivity contribution is 9.10. The third kappa shape index (κ3) is 4.77. The van der Waals surface area contributed by atoms with E-state index in [9.17, 15) is 5.11 Å². The van der Waals surface area contributed by atoms with Crippen molar-refractivity contribution in [1.29, 1.82) is 0 Å². The van der Waals surface area contributed by atoms with Crippen molar-refractivity contribution in [3.05, 3.63) is 70.2 Å². The summed E-state index contributed by atoms with van der Waals surface area (Å²) in [6.07, 6.45) is 5.90. The molecule has 1 saturated heterocycles. The van der Waals surface area contributed by atoms with E-state index in [-0.39, 0.29) is 11.8 Å². The standard InChI is InChI=1S/C25H32BrNO2/c26-23-13-11-22(12-14-23)25(28,21-9-5-2-6-10-21)24(20-7-3-1-4-8-20)19-27-15-17-29-18-16-27/h1,3-4,7-8,11-14,21,24,28H,2,5-6,9-10,15-19H2. The predicted octanol–water partition coefficient (Wildman–Crippen LogP) is 5.33. The fraction of sp³-hybridized carbons (Fsp3) is 0.520. The van der Waals surface area contributed by atoms with E-state index in [4.69, 9.17) is 4.74 Å². The van der Waals surface area contributed by atoms with Crippen molar-refractivity contribution in [3.8, 4) is 0 Å². The molecule has 1 N–H and O–H groups in total. The van der Waals surface area contributed by atoms with E-state index in [1.165, 1.54) is 24.8 Å². The average molecular weight is 458 g/mol. The maximum absolute atomic E-state index is 12.6. The van der Waals surface area contributed by atoms with Gasteiger partial charge in [-0.25, -0.2) is 0 Å². The van der Waals surface area contributed by atoms with E-state index in [1.807, 2.05) is 0 Å². The van der Waals surface area contributed by atoms with E-state index >= 15 is 0 Å². The molecule has 4 rings (SSSR count). The first-order valence-electron chi connectivity index (χ1n) is 11.0. The fourth-order valence-corrected chi connectivity index (χ4v) is 5.47. The summed E-state index contributed by atoms with van der Waals surface area (Å²) in [5.74, 6) is 0.315. The molecule has 0 amide bonds. The lowest BCUT2D eigenvalue weighted by atomic mass is 9.65. The molecule has 1 saturated carbocycles. The Balaban J connectivity index is 1.76. The van der Waals surface area contributed by atoms with Crippen molar-refractivity contribution in [1.82, 2.24) is 4.90 Å². The lowest BCUT2D eigenvalue weighted by Crippen LogP contribution is -2.48. The van der Waals surface area contributed by atoms with Gasteiger partial charge < -0.3 is 9.84 Å². The molecule has 0 bridgehead atoms. The highest BCUT2D eigenvalue weighted by Gasteiger charge is 2.46. The number of halogens is 1. The molecule has 29 heavy (non-hydrogen) atoms. The van der Waals surface area contributed by atoms with Gasteiger partial charge in [-0.3, -0.25) is 4.90 Å². The molecule has 0 spiro atoms. The third-order valence-corrected chi connectivity index (χ3v) is 7.34. The van der Waals surface area contributed by atoms with Crippen LogP contribution in [0.1, 0.15) is 49.1 Å². The van der Waals surface area contributed by atoms with Gasteiger partial charge in [-0.15, -0.1) is 0 Å². The van der Waals surface area contributed by atoms with Crippen molar-refractivity contribution in [2.75, 3.05) is 32.8 Å². The zero-order chi connectivity index (χ0) is 20.1. The largest absolute Gasteiger partial charge is 0.384 e. The minimum Gasteiger partial charge on any atom is -0.384 e. The monoisotopic (exact) mass is 457 g/mol. The molecule has 0 aromatic heterocycles. The highest BCUT2D eigenvalue weighted by Crippen LogP contribution is 2.48. The molecule has 156 valence electrons. The zero-order valence-corrected chi connectivity index (χ0v) is 18.7. The van der Waals surface area contributed by atoms with Gasteiger partial charge in [-0.2, -0.15) is 0 Å². The molecule has 1 heterocycles. The van der Waals surface area contributed by atoms with Gasteiger partial charge in [0, 0.05) is 30.0 Å². The molecule has 2 aromatic carbocycles. The van der Waals surface area contributed by atoms with Gasteiger partial charge in [-0.1, -0.05) is 77.7 Å². The molecule has 2 atom stereocenters. The van der Waals surface area contributed by atoms with Gasteiger partial charge in [0.25, 0.3) is 0 Å². The van der Waals surface area contributed by atoms with Crippen molar-refractivity contribution in [2.24, 2.45) is 5.92 Å². The van der Waals surface area contributed by atoms with Crippen LogP contribution in [0.4, 0.5) is 0 Å². The summed E-state index contributed by atoms with van der Waals surface area (Å²) in [5, 5.41) is 12.6. The molecule has 2 aromatic rings. The number of aliphatic hydroxyl groups is 1. The second-order valence-corrected chi connectivity index (χ2v) is 9.46.